The standard InChI is InChI=1S/C10H11FN2O.ClH/c11-8-2-1-3-9(6-8)13-5-4-12-7-10(13)14;/h1-3,6,12H,4-5,7H2;1H. The number of hydrogen-bond acceptors (Lipinski definition) is 2. The molecule has 0 spiro atoms. The zero-order valence-electron chi connectivity index (χ0n) is 8.07. The maximum Gasteiger partial charge on any atom is 0.240 e. The summed E-state index contributed by atoms with van der Waals surface area (Å²) in [6.45, 7) is 1.68. The second kappa shape index (κ2) is 5.09. The van der Waals surface area contributed by atoms with Crippen LogP contribution in [0.5, 0.6) is 0 Å². The molecule has 1 saturated heterocycles. The normalized spacial score (nSPS) is 16.1. The Morgan fingerprint density at radius 1 is 1.40 bits per heavy atom. The van der Waals surface area contributed by atoms with Crippen molar-refractivity contribution in [2.75, 3.05) is 24.5 Å². The van der Waals surface area contributed by atoms with Crippen molar-refractivity contribution in [2.24, 2.45) is 0 Å². The fourth-order valence-electron chi connectivity index (χ4n) is 1.52. The minimum atomic E-state index is -0.311. The molecule has 15 heavy (non-hydrogen) atoms. The predicted molar refractivity (Wildman–Crippen MR) is 58.9 cm³/mol. The summed E-state index contributed by atoms with van der Waals surface area (Å²) in [6.07, 6.45) is 0. The van der Waals surface area contributed by atoms with E-state index in [1.807, 2.05) is 0 Å². The van der Waals surface area contributed by atoms with Gasteiger partial charge in [-0.3, -0.25) is 4.79 Å². The molecule has 0 atom stereocenters. The van der Waals surface area contributed by atoms with Crippen molar-refractivity contribution in [1.82, 2.24) is 5.32 Å². The van der Waals surface area contributed by atoms with Crippen molar-refractivity contribution in [3.05, 3.63) is 30.1 Å². The molecule has 0 bridgehead atoms. The highest BCUT2D eigenvalue weighted by Gasteiger charge is 2.18. The quantitative estimate of drug-likeness (QED) is 0.786. The Bertz CT molecular complexity index is 359. The third kappa shape index (κ3) is 2.67. The molecule has 0 unspecified atom stereocenters. The van der Waals surface area contributed by atoms with Gasteiger partial charge in [0.2, 0.25) is 5.91 Å². The molecule has 2 rings (SSSR count). The molecule has 1 N–H and O–H groups in total. The number of benzene rings is 1. The Morgan fingerprint density at radius 2 is 2.20 bits per heavy atom. The van der Waals surface area contributed by atoms with Crippen molar-refractivity contribution in [2.45, 2.75) is 0 Å². The van der Waals surface area contributed by atoms with E-state index >= 15 is 0 Å². The monoisotopic (exact) mass is 230 g/mol. The van der Waals surface area contributed by atoms with Crippen molar-refractivity contribution < 1.29 is 9.18 Å². The number of hydrogen-bond donors (Lipinski definition) is 1. The first-order valence-electron chi connectivity index (χ1n) is 4.54. The lowest BCUT2D eigenvalue weighted by molar-refractivity contribution is -0.118. The minimum absolute atomic E-state index is 0. The van der Waals surface area contributed by atoms with Gasteiger partial charge in [-0.05, 0) is 18.2 Å². The molecule has 0 radical (unpaired) electrons. The highest BCUT2D eigenvalue weighted by Crippen LogP contribution is 2.16. The number of rotatable bonds is 1. The first-order valence-corrected chi connectivity index (χ1v) is 4.54. The van der Waals surface area contributed by atoms with Crippen molar-refractivity contribution in [3.8, 4) is 0 Å². The first kappa shape index (κ1) is 11.9. The Morgan fingerprint density at radius 3 is 2.87 bits per heavy atom. The van der Waals surface area contributed by atoms with Crippen LogP contribution in [0.3, 0.4) is 0 Å². The van der Waals surface area contributed by atoms with Crippen LogP contribution in [-0.4, -0.2) is 25.5 Å². The number of amides is 1. The van der Waals surface area contributed by atoms with Crippen LogP contribution in [-0.2, 0) is 4.79 Å². The largest absolute Gasteiger partial charge is 0.310 e. The van der Waals surface area contributed by atoms with Crippen LogP contribution >= 0.6 is 12.4 Å². The SMILES string of the molecule is Cl.O=C1CNCCN1c1cccc(F)c1. The second-order valence-corrected chi connectivity index (χ2v) is 3.20. The van der Waals surface area contributed by atoms with Crippen molar-refractivity contribution in [1.29, 1.82) is 0 Å². The van der Waals surface area contributed by atoms with E-state index < -0.39 is 0 Å². The summed E-state index contributed by atoms with van der Waals surface area (Å²) in [5.41, 5.74) is 0.636. The van der Waals surface area contributed by atoms with E-state index in [1.54, 1.807) is 17.0 Å². The molecule has 1 heterocycles. The van der Waals surface area contributed by atoms with Gasteiger partial charge in [-0.2, -0.15) is 0 Å². The van der Waals surface area contributed by atoms with E-state index in [1.165, 1.54) is 12.1 Å². The van der Waals surface area contributed by atoms with E-state index in [0.717, 1.165) is 6.54 Å². The fourth-order valence-corrected chi connectivity index (χ4v) is 1.52. The van der Waals surface area contributed by atoms with Gasteiger partial charge in [0.05, 0.1) is 6.54 Å². The smallest absolute Gasteiger partial charge is 0.240 e. The van der Waals surface area contributed by atoms with Gasteiger partial charge in [0.1, 0.15) is 5.82 Å². The van der Waals surface area contributed by atoms with Crippen LogP contribution in [0.1, 0.15) is 0 Å². The number of halogens is 2. The van der Waals surface area contributed by atoms with Gasteiger partial charge in [-0.25, -0.2) is 4.39 Å². The number of carbonyl (C=O) groups excluding carboxylic acids is 1. The minimum Gasteiger partial charge on any atom is -0.310 e. The van der Waals surface area contributed by atoms with Crippen LogP contribution in [0, 0.1) is 5.82 Å². The summed E-state index contributed by atoms with van der Waals surface area (Å²) in [5, 5.41) is 2.96. The molecule has 1 aliphatic heterocycles. The highest BCUT2D eigenvalue weighted by atomic mass is 35.5. The van der Waals surface area contributed by atoms with Crippen LogP contribution in [0.15, 0.2) is 24.3 Å². The molecular formula is C10H12ClFN2O. The van der Waals surface area contributed by atoms with Crippen LogP contribution in [0.25, 0.3) is 0 Å². The molecule has 1 amide bonds. The number of anilines is 1. The van der Waals surface area contributed by atoms with Crippen molar-refractivity contribution >= 4 is 24.0 Å². The molecule has 1 fully saturated rings. The Hall–Kier alpha value is -1.13. The van der Waals surface area contributed by atoms with Gasteiger partial charge in [0.15, 0.2) is 0 Å². The maximum absolute atomic E-state index is 12.9. The number of nitrogens with one attached hydrogen (secondary N) is 1. The molecule has 3 nitrogen and oxygen atoms in total. The highest BCUT2D eigenvalue weighted by molar-refractivity contribution is 5.95. The van der Waals surface area contributed by atoms with E-state index in [2.05, 4.69) is 5.32 Å². The average Bonchev–Trinajstić information content (AvgIpc) is 2.18. The van der Waals surface area contributed by atoms with E-state index in [-0.39, 0.29) is 24.1 Å². The molecule has 1 aromatic rings. The summed E-state index contributed by atoms with van der Waals surface area (Å²) in [5.74, 6) is -0.323. The Labute approximate surface area is 93.7 Å². The lowest BCUT2D eigenvalue weighted by Gasteiger charge is -2.27. The number of piperazine rings is 1. The van der Waals surface area contributed by atoms with Gasteiger partial charge in [0.25, 0.3) is 0 Å². The number of nitrogens with zero attached hydrogens (tertiary/aromatic N) is 1. The first-order chi connectivity index (χ1) is 6.77. The lowest BCUT2D eigenvalue weighted by Crippen LogP contribution is -2.48. The molecule has 1 aromatic carbocycles. The van der Waals surface area contributed by atoms with Crippen molar-refractivity contribution in [3.63, 3.8) is 0 Å². The Balaban J connectivity index is 0.00000112. The molecule has 0 aromatic heterocycles. The zero-order valence-corrected chi connectivity index (χ0v) is 8.89. The summed E-state index contributed by atoms with van der Waals surface area (Å²) >= 11 is 0. The average molecular weight is 231 g/mol. The third-order valence-corrected chi connectivity index (χ3v) is 2.21. The van der Waals surface area contributed by atoms with E-state index in [0.29, 0.717) is 18.8 Å². The fraction of sp³-hybridized carbons (Fsp3) is 0.300. The van der Waals surface area contributed by atoms with Gasteiger partial charge in [0, 0.05) is 18.8 Å². The van der Waals surface area contributed by atoms with E-state index in [4.69, 9.17) is 0 Å². The molecule has 5 heteroatoms. The summed E-state index contributed by atoms with van der Waals surface area (Å²) in [4.78, 5) is 13.0. The van der Waals surface area contributed by atoms with Crippen LogP contribution in [0.4, 0.5) is 10.1 Å². The molecule has 0 aliphatic carbocycles. The predicted octanol–water partition coefficient (Wildman–Crippen LogP) is 1.18. The second-order valence-electron chi connectivity index (χ2n) is 3.20. The van der Waals surface area contributed by atoms with Gasteiger partial charge in [-0.15, -0.1) is 12.4 Å². The molecular weight excluding hydrogens is 219 g/mol. The third-order valence-electron chi connectivity index (χ3n) is 2.21. The van der Waals surface area contributed by atoms with Crippen LogP contribution < -0.4 is 10.2 Å². The van der Waals surface area contributed by atoms with E-state index in [9.17, 15) is 9.18 Å². The van der Waals surface area contributed by atoms with Gasteiger partial charge < -0.3 is 10.2 Å². The molecule has 1 aliphatic rings. The zero-order chi connectivity index (χ0) is 9.97. The molecule has 0 saturated carbocycles. The lowest BCUT2D eigenvalue weighted by atomic mass is 10.2. The summed E-state index contributed by atoms with van der Waals surface area (Å²) in [6, 6.07) is 6.10. The topological polar surface area (TPSA) is 32.3 Å². The summed E-state index contributed by atoms with van der Waals surface area (Å²) in [7, 11) is 0. The van der Waals surface area contributed by atoms with Crippen LogP contribution in [0.2, 0.25) is 0 Å². The van der Waals surface area contributed by atoms with Gasteiger partial charge in [-0.1, -0.05) is 6.07 Å². The Kier molecular flexibility index (Phi) is 4.05. The summed E-state index contributed by atoms with van der Waals surface area (Å²) < 4.78 is 12.9. The van der Waals surface area contributed by atoms with Gasteiger partial charge >= 0.3 is 0 Å². The molecule has 82 valence electrons. The maximum atomic E-state index is 12.9. The number of carbonyl (C=O) groups is 1.